The second-order valence-corrected chi connectivity index (χ2v) is 5.96. The Morgan fingerprint density at radius 3 is 2.88 bits per heavy atom. The number of aromatic nitrogens is 1. The molecular formula is C17H21N5O3. The normalized spacial score (nSPS) is 18.9. The number of aliphatic imine (C=N–C) groups is 1. The van der Waals surface area contributed by atoms with Crippen molar-refractivity contribution in [2.45, 2.75) is 19.1 Å². The Hall–Kier alpha value is -2.68. The summed E-state index contributed by atoms with van der Waals surface area (Å²) >= 11 is 0. The summed E-state index contributed by atoms with van der Waals surface area (Å²) in [5.41, 5.74) is 14.3. The van der Waals surface area contributed by atoms with Crippen molar-refractivity contribution < 1.29 is 15.0 Å². The van der Waals surface area contributed by atoms with Gasteiger partial charge in [0.05, 0.1) is 25.3 Å². The minimum atomic E-state index is -0.879. The number of rotatable bonds is 5. The van der Waals surface area contributed by atoms with Gasteiger partial charge in [-0.05, 0) is 25.1 Å². The number of nitrogens with one attached hydrogen (secondary N) is 1. The molecule has 0 saturated carbocycles. The molecule has 0 fully saturated rings. The molecule has 0 unspecified atom stereocenters. The van der Waals surface area contributed by atoms with Gasteiger partial charge in [0.1, 0.15) is 11.5 Å². The van der Waals surface area contributed by atoms with E-state index >= 15 is 0 Å². The van der Waals surface area contributed by atoms with Crippen molar-refractivity contribution in [1.29, 1.82) is 0 Å². The number of amides is 1. The molecule has 2 aromatic rings. The van der Waals surface area contributed by atoms with Crippen molar-refractivity contribution in [3.63, 3.8) is 0 Å². The molecule has 25 heavy (non-hydrogen) atoms. The van der Waals surface area contributed by atoms with Crippen LogP contribution in [0.4, 0.5) is 5.69 Å². The zero-order valence-electron chi connectivity index (χ0n) is 13.8. The molecule has 2 atom stereocenters. The van der Waals surface area contributed by atoms with Crippen molar-refractivity contribution in [3.05, 3.63) is 35.7 Å². The van der Waals surface area contributed by atoms with Crippen LogP contribution in [0.1, 0.15) is 12.5 Å². The van der Waals surface area contributed by atoms with E-state index in [1.807, 2.05) is 12.1 Å². The van der Waals surface area contributed by atoms with E-state index in [9.17, 15) is 15.0 Å². The predicted octanol–water partition coefficient (Wildman–Crippen LogP) is 0.0321. The molecule has 8 nitrogen and oxygen atoms in total. The van der Waals surface area contributed by atoms with Gasteiger partial charge < -0.3 is 26.7 Å². The molecule has 132 valence electrons. The third kappa shape index (κ3) is 3.02. The molecule has 1 amide bonds. The number of nitrogens with zero attached hydrogens (tertiary/aromatic N) is 2. The Morgan fingerprint density at radius 1 is 1.44 bits per heavy atom. The van der Waals surface area contributed by atoms with E-state index in [1.54, 1.807) is 18.3 Å². The first-order chi connectivity index (χ1) is 11.9. The van der Waals surface area contributed by atoms with Crippen LogP contribution in [0, 0.1) is 0 Å². The number of aromatic amines is 1. The van der Waals surface area contributed by atoms with Gasteiger partial charge in [-0.15, -0.1) is 0 Å². The van der Waals surface area contributed by atoms with E-state index in [2.05, 4.69) is 9.98 Å². The lowest BCUT2D eigenvalue weighted by molar-refractivity contribution is -0.123. The molecule has 0 aliphatic carbocycles. The molecule has 7 N–H and O–H groups in total. The molecule has 1 aromatic heterocycles. The van der Waals surface area contributed by atoms with Crippen LogP contribution >= 0.6 is 0 Å². The van der Waals surface area contributed by atoms with E-state index in [-0.39, 0.29) is 30.6 Å². The zero-order valence-corrected chi connectivity index (χ0v) is 13.8. The Morgan fingerprint density at radius 2 is 2.20 bits per heavy atom. The molecule has 3 rings (SSSR count). The lowest BCUT2D eigenvalue weighted by Crippen LogP contribution is -2.49. The average Bonchev–Trinajstić information content (AvgIpc) is 3.12. The van der Waals surface area contributed by atoms with Gasteiger partial charge in [-0.3, -0.25) is 9.69 Å². The van der Waals surface area contributed by atoms with Crippen molar-refractivity contribution in [3.8, 4) is 0 Å². The Balaban J connectivity index is 2.06. The number of amidine groups is 1. The Labute approximate surface area is 144 Å². The number of nitrogen functional groups attached to an aromatic ring is 1. The van der Waals surface area contributed by atoms with Crippen LogP contribution in [-0.2, 0) is 4.79 Å². The van der Waals surface area contributed by atoms with E-state index in [0.29, 0.717) is 5.69 Å². The second kappa shape index (κ2) is 6.67. The fourth-order valence-corrected chi connectivity index (χ4v) is 2.86. The topological polar surface area (TPSA) is 141 Å². The predicted molar refractivity (Wildman–Crippen MR) is 96.6 cm³/mol. The highest BCUT2D eigenvalue weighted by atomic mass is 16.3. The Bertz CT molecular complexity index is 868. The van der Waals surface area contributed by atoms with Crippen LogP contribution in [0.5, 0.6) is 0 Å². The van der Waals surface area contributed by atoms with Crippen molar-refractivity contribution in [2.24, 2.45) is 10.7 Å². The first-order valence-corrected chi connectivity index (χ1v) is 7.96. The maximum Gasteiger partial charge on any atom is 0.278 e. The fourth-order valence-electron chi connectivity index (χ4n) is 2.86. The van der Waals surface area contributed by atoms with Crippen molar-refractivity contribution in [1.82, 2.24) is 9.88 Å². The Kier molecular flexibility index (Phi) is 4.58. The molecule has 2 heterocycles. The number of carbonyl (C=O) groups is 1. The number of β-amino-alcohol motifs (C(OH)–C–C–N with tert-alkyl or cyclic N) is 1. The zero-order chi connectivity index (χ0) is 18.1. The summed E-state index contributed by atoms with van der Waals surface area (Å²) in [6.07, 6.45) is 2.50. The van der Waals surface area contributed by atoms with Gasteiger partial charge in [-0.2, -0.15) is 0 Å². The quantitative estimate of drug-likeness (QED) is 0.385. The van der Waals surface area contributed by atoms with E-state index in [0.717, 1.165) is 16.5 Å². The lowest BCUT2D eigenvalue weighted by Gasteiger charge is -2.23. The summed E-state index contributed by atoms with van der Waals surface area (Å²) in [7, 11) is 0. The summed E-state index contributed by atoms with van der Waals surface area (Å²) in [6.45, 7) is 1.35. The number of hydrogen-bond donors (Lipinski definition) is 5. The molecular weight excluding hydrogens is 322 g/mol. The van der Waals surface area contributed by atoms with Gasteiger partial charge >= 0.3 is 0 Å². The van der Waals surface area contributed by atoms with Gasteiger partial charge in [0.25, 0.3) is 5.91 Å². The third-order valence-electron chi connectivity index (χ3n) is 4.18. The highest BCUT2D eigenvalue weighted by Crippen LogP contribution is 2.28. The van der Waals surface area contributed by atoms with Crippen LogP contribution in [0.15, 0.2) is 35.1 Å². The summed E-state index contributed by atoms with van der Waals surface area (Å²) in [5, 5.41) is 19.7. The molecule has 0 saturated heterocycles. The molecule has 0 spiro atoms. The number of aliphatic hydroxyl groups is 2. The fraction of sp³-hybridized carbons (Fsp3) is 0.294. The molecule has 8 heteroatoms. The maximum atomic E-state index is 12.6. The van der Waals surface area contributed by atoms with E-state index in [1.165, 1.54) is 11.8 Å². The van der Waals surface area contributed by atoms with Gasteiger partial charge in [0.2, 0.25) is 0 Å². The van der Waals surface area contributed by atoms with Crippen LogP contribution in [-0.4, -0.2) is 57.1 Å². The standard InChI is InChI=1S/C17H21N5O3/c1-9(24)15(19)16-21-13(17(25)22(16)5-6-23)7-10-8-20-12-4-2-3-11(18)14(10)12/h2-4,7-9,15,20,23-24H,5-6,18-19H2,1H3/b13-7-/t9-,15-/m1/s1. The molecule has 0 bridgehead atoms. The number of carbonyl (C=O) groups excluding carboxylic acids is 1. The third-order valence-corrected chi connectivity index (χ3v) is 4.18. The molecule has 1 aromatic carbocycles. The lowest BCUT2D eigenvalue weighted by atomic mass is 10.1. The van der Waals surface area contributed by atoms with Crippen LogP contribution in [0.3, 0.4) is 0 Å². The van der Waals surface area contributed by atoms with Crippen LogP contribution in [0.2, 0.25) is 0 Å². The smallest absolute Gasteiger partial charge is 0.278 e. The first kappa shape index (κ1) is 17.2. The highest BCUT2D eigenvalue weighted by molar-refractivity contribution is 6.16. The molecule has 1 aliphatic heterocycles. The van der Waals surface area contributed by atoms with Crippen LogP contribution in [0.25, 0.3) is 17.0 Å². The maximum absolute atomic E-state index is 12.6. The molecule has 1 aliphatic rings. The SMILES string of the molecule is C[C@@H](O)[C@@H](N)C1=N/C(=C\c2c[nH]c3cccc(N)c23)C(=O)N1CCO. The number of hydrogen-bond acceptors (Lipinski definition) is 6. The minimum Gasteiger partial charge on any atom is -0.398 e. The number of benzene rings is 1. The van der Waals surface area contributed by atoms with Crippen molar-refractivity contribution >= 4 is 34.4 Å². The summed E-state index contributed by atoms with van der Waals surface area (Å²) in [6, 6.07) is 4.69. The number of nitrogens with two attached hydrogens (primary N) is 2. The van der Waals surface area contributed by atoms with E-state index in [4.69, 9.17) is 11.5 Å². The second-order valence-electron chi connectivity index (χ2n) is 5.96. The highest BCUT2D eigenvalue weighted by Gasteiger charge is 2.34. The number of anilines is 1. The number of H-pyrrole nitrogens is 1. The molecule has 0 radical (unpaired) electrons. The average molecular weight is 343 g/mol. The monoisotopic (exact) mass is 343 g/mol. The summed E-state index contributed by atoms with van der Waals surface area (Å²) in [5.74, 6) is -0.128. The summed E-state index contributed by atoms with van der Waals surface area (Å²) < 4.78 is 0. The van der Waals surface area contributed by atoms with Gasteiger partial charge in [0, 0.05) is 28.4 Å². The first-order valence-electron chi connectivity index (χ1n) is 7.96. The number of fused-ring (bicyclic) bond motifs is 1. The van der Waals surface area contributed by atoms with Gasteiger partial charge in [-0.1, -0.05) is 6.07 Å². The number of aliphatic hydroxyl groups excluding tert-OH is 2. The summed E-state index contributed by atoms with van der Waals surface area (Å²) in [4.78, 5) is 21.3. The van der Waals surface area contributed by atoms with E-state index < -0.39 is 12.1 Å². The van der Waals surface area contributed by atoms with Crippen molar-refractivity contribution in [2.75, 3.05) is 18.9 Å². The van der Waals surface area contributed by atoms with Gasteiger partial charge in [-0.25, -0.2) is 4.99 Å². The minimum absolute atomic E-state index is 0.0610. The van der Waals surface area contributed by atoms with Crippen LogP contribution < -0.4 is 11.5 Å². The largest absolute Gasteiger partial charge is 0.398 e. The van der Waals surface area contributed by atoms with Gasteiger partial charge in [0.15, 0.2) is 0 Å².